The van der Waals surface area contributed by atoms with Crippen LogP contribution in [0.3, 0.4) is 0 Å². The average molecular weight is 275 g/mol. The molecule has 1 aromatic rings. The molecular formula is C8H7K2NO5. The third-order valence-corrected chi connectivity index (χ3v) is 1.13. The van der Waals surface area contributed by atoms with Gasteiger partial charge in [-0.2, -0.15) is 0 Å². The second-order valence-corrected chi connectivity index (χ2v) is 2.18. The summed E-state index contributed by atoms with van der Waals surface area (Å²) >= 11 is 0. The molecule has 1 aromatic carbocycles. The van der Waals surface area contributed by atoms with Crippen molar-refractivity contribution < 1.29 is 128 Å². The van der Waals surface area contributed by atoms with Crippen LogP contribution in [-0.4, -0.2) is 17.2 Å². The van der Waals surface area contributed by atoms with Gasteiger partial charge < -0.3 is 25.8 Å². The third-order valence-electron chi connectivity index (χ3n) is 1.13. The maximum atomic E-state index is 10.3. The second kappa shape index (κ2) is 12.5. The maximum Gasteiger partial charge on any atom is 1.00 e. The van der Waals surface area contributed by atoms with E-state index in [1.807, 2.05) is 0 Å². The number of carboxylic acid groups (broad SMARTS) is 3. The number of rotatable bonds is 1. The van der Waals surface area contributed by atoms with Crippen LogP contribution in [0.1, 0.15) is 10.4 Å². The van der Waals surface area contributed by atoms with Crippen LogP contribution in [0.2, 0.25) is 0 Å². The zero-order chi connectivity index (χ0) is 11.1. The molecule has 0 saturated carbocycles. The monoisotopic (exact) mass is 275 g/mol. The molecule has 1 rings (SSSR count). The molecule has 3 N–H and O–H groups in total. The minimum Gasteiger partial charge on any atom is -0.652 e. The van der Waals surface area contributed by atoms with Gasteiger partial charge in [0.1, 0.15) is 0 Å². The summed E-state index contributed by atoms with van der Waals surface area (Å²) < 4.78 is 0. The van der Waals surface area contributed by atoms with Crippen molar-refractivity contribution in [1.29, 1.82) is 0 Å². The van der Waals surface area contributed by atoms with Gasteiger partial charge in [-0.25, -0.2) is 4.79 Å². The van der Waals surface area contributed by atoms with Crippen LogP contribution in [-0.2, 0) is 0 Å². The molecule has 6 nitrogen and oxygen atoms in total. The molecule has 76 valence electrons. The second-order valence-electron chi connectivity index (χ2n) is 2.18. The first-order chi connectivity index (χ1) is 6.43. The van der Waals surface area contributed by atoms with Gasteiger partial charge in [0, 0.05) is 5.69 Å². The average Bonchev–Trinajstić information content (AvgIpc) is 2.03. The number of nitrogen functional groups attached to an aromatic ring is 1. The third kappa shape index (κ3) is 13.1. The van der Waals surface area contributed by atoms with Crippen LogP contribution < -0.4 is 119 Å². The van der Waals surface area contributed by atoms with E-state index >= 15 is 0 Å². The van der Waals surface area contributed by atoms with E-state index in [1.54, 1.807) is 12.1 Å². The van der Waals surface area contributed by atoms with E-state index in [-0.39, 0.29) is 108 Å². The van der Waals surface area contributed by atoms with Crippen molar-refractivity contribution in [1.82, 2.24) is 0 Å². The van der Waals surface area contributed by atoms with Crippen molar-refractivity contribution in [2.45, 2.75) is 0 Å². The maximum absolute atomic E-state index is 10.3. The molecular weight excluding hydrogens is 268 g/mol. The van der Waals surface area contributed by atoms with Gasteiger partial charge in [-0.05, 0) is 24.4 Å². The first-order valence-electron chi connectivity index (χ1n) is 3.40. The Kier molecular flexibility index (Phi) is 17.4. The zero-order valence-electron chi connectivity index (χ0n) is 8.97. The fourth-order valence-corrected chi connectivity index (χ4v) is 0.672. The Morgan fingerprint density at radius 3 is 1.88 bits per heavy atom. The molecule has 0 aliphatic heterocycles. The summed E-state index contributed by atoms with van der Waals surface area (Å²) in [6.45, 7) is 0. The van der Waals surface area contributed by atoms with Gasteiger partial charge in [-0.3, -0.25) is 0 Å². The van der Waals surface area contributed by atoms with Crippen molar-refractivity contribution in [2.75, 3.05) is 5.73 Å². The van der Waals surface area contributed by atoms with E-state index in [2.05, 4.69) is 0 Å². The van der Waals surface area contributed by atoms with Crippen molar-refractivity contribution in [2.24, 2.45) is 0 Å². The van der Waals surface area contributed by atoms with Crippen LogP contribution in [0.25, 0.3) is 0 Å². The summed E-state index contributed by atoms with van der Waals surface area (Å²) in [6.07, 6.45) is -2.33. The fraction of sp³-hybridized carbons (Fsp3) is 0. The predicted molar refractivity (Wildman–Crippen MR) is 43.2 cm³/mol. The molecule has 0 saturated heterocycles. The molecule has 0 unspecified atom stereocenters. The number of hydrogen-bond donors (Lipinski definition) is 2. The molecule has 0 spiro atoms. The van der Waals surface area contributed by atoms with Crippen LogP contribution in [0.4, 0.5) is 10.5 Å². The topological polar surface area (TPSA) is 127 Å². The summed E-state index contributed by atoms with van der Waals surface area (Å²) in [7, 11) is 0. The SMILES string of the molecule is Nc1cccc(C(=O)O)c1.O=C([O-])[O-].[K+].[K+]. The Labute approximate surface area is 177 Å². The number of benzene rings is 1. The Morgan fingerprint density at radius 2 is 1.62 bits per heavy atom. The van der Waals surface area contributed by atoms with E-state index < -0.39 is 12.1 Å². The number of aromatic carboxylic acids is 1. The molecule has 0 heterocycles. The van der Waals surface area contributed by atoms with E-state index in [0.29, 0.717) is 5.69 Å². The summed E-state index contributed by atoms with van der Waals surface area (Å²) in [5, 5.41) is 25.1. The fourth-order valence-electron chi connectivity index (χ4n) is 0.672. The van der Waals surface area contributed by atoms with Crippen LogP contribution in [0.5, 0.6) is 0 Å². The summed E-state index contributed by atoms with van der Waals surface area (Å²) in [6, 6.07) is 6.17. The molecule has 0 aliphatic rings. The van der Waals surface area contributed by atoms with Gasteiger partial charge in [-0.15, -0.1) is 0 Å². The zero-order valence-corrected chi connectivity index (χ0v) is 15.2. The summed E-state index contributed by atoms with van der Waals surface area (Å²) in [4.78, 5) is 18.6. The van der Waals surface area contributed by atoms with Crippen LogP contribution >= 0.6 is 0 Å². The van der Waals surface area contributed by atoms with Crippen molar-refractivity contribution >= 4 is 17.8 Å². The summed E-state index contributed by atoms with van der Waals surface area (Å²) in [5.41, 5.74) is 6.03. The minimum atomic E-state index is -2.33. The Balaban J connectivity index is -0.000000249. The first-order valence-corrected chi connectivity index (χ1v) is 3.40. The number of carbonyl (C=O) groups excluding carboxylic acids is 1. The van der Waals surface area contributed by atoms with Gasteiger partial charge in [0.25, 0.3) is 0 Å². The largest absolute Gasteiger partial charge is 1.00 e. The van der Waals surface area contributed by atoms with Gasteiger partial charge in [0.15, 0.2) is 0 Å². The van der Waals surface area contributed by atoms with Gasteiger partial charge >= 0.3 is 109 Å². The number of carboxylic acids is 1. The van der Waals surface area contributed by atoms with Crippen molar-refractivity contribution in [3.8, 4) is 0 Å². The van der Waals surface area contributed by atoms with Crippen LogP contribution in [0.15, 0.2) is 24.3 Å². The predicted octanol–water partition coefficient (Wildman–Crippen LogP) is -7.47. The number of nitrogens with two attached hydrogens (primary N) is 1. The van der Waals surface area contributed by atoms with E-state index in [0.717, 1.165) is 0 Å². The molecule has 0 fully saturated rings. The summed E-state index contributed by atoms with van der Waals surface area (Å²) in [5.74, 6) is -0.952. The first kappa shape index (κ1) is 22.2. The number of hydrogen-bond acceptors (Lipinski definition) is 5. The van der Waals surface area contributed by atoms with Crippen LogP contribution in [0, 0.1) is 0 Å². The minimum absolute atomic E-state index is 0. The number of anilines is 1. The molecule has 0 aliphatic carbocycles. The van der Waals surface area contributed by atoms with E-state index in [1.165, 1.54) is 12.1 Å². The normalized spacial score (nSPS) is 7.25. The van der Waals surface area contributed by atoms with Gasteiger partial charge in [0.05, 0.1) is 5.56 Å². The molecule has 8 heteroatoms. The molecule has 0 atom stereocenters. The van der Waals surface area contributed by atoms with Gasteiger partial charge in [-0.1, -0.05) is 6.07 Å². The number of carbonyl (C=O) groups is 2. The molecule has 0 amide bonds. The molecule has 0 radical (unpaired) electrons. The molecule has 0 bridgehead atoms. The smallest absolute Gasteiger partial charge is 0.652 e. The Bertz CT molecular complexity index is 341. The van der Waals surface area contributed by atoms with E-state index in [9.17, 15) is 4.79 Å². The quantitative estimate of drug-likeness (QED) is 0.387. The van der Waals surface area contributed by atoms with Crippen molar-refractivity contribution in [3.05, 3.63) is 29.8 Å². The standard InChI is InChI=1S/C7H7NO2.CH2O3.2K/c8-6-3-1-2-5(4-6)7(9)10;2-1(3)4;;/h1-4H,8H2,(H,9,10);(H2,2,3,4);;/q;;2*+1/p-2. The Morgan fingerprint density at radius 1 is 1.19 bits per heavy atom. The molecule has 16 heavy (non-hydrogen) atoms. The Hall–Kier alpha value is 1.03. The van der Waals surface area contributed by atoms with Gasteiger partial charge in [0.2, 0.25) is 0 Å². The van der Waals surface area contributed by atoms with Crippen molar-refractivity contribution in [3.63, 3.8) is 0 Å². The molecule has 0 aromatic heterocycles. The van der Waals surface area contributed by atoms with E-state index in [4.69, 9.17) is 25.8 Å².